The van der Waals surface area contributed by atoms with Crippen LogP contribution >= 0.6 is 0 Å². The van der Waals surface area contributed by atoms with Gasteiger partial charge in [0.1, 0.15) is 9.84 Å². The van der Waals surface area contributed by atoms with Crippen LogP contribution in [0.25, 0.3) is 0 Å². The summed E-state index contributed by atoms with van der Waals surface area (Å²) in [5.41, 5.74) is -3.12. The van der Waals surface area contributed by atoms with Crippen LogP contribution in [-0.2, 0) is 14.6 Å². The van der Waals surface area contributed by atoms with Crippen molar-refractivity contribution in [3.63, 3.8) is 0 Å². The van der Waals surface area contributed by atoms with E-state index in [1.807, 2.05) is 0 Å². The van der Waals surface area contributed by atoms with Crippen molar-refractivity contribution < 1.29 is 39.5 Å². The van der Waals surface area contributed by atoms with Crippen LogP contribution in [0.2, 0.25) is 0 Å². The van der Waals surface area contributed by atoms with E-state index >= 15 is 0 Å². The van der Waals surface area contributed by atoms with E-state index in [0.29, 0.717) is 5.41 Å². The summed E-state index contributed by atoms with van der Waals surface area (Å²) in [5.74, 6) is 0. The summed E-state index contributed by atoms with van der Waals surface area (Å²) in [7, 11) is 0.583. The van der Waals surface area contributed by atoms with Crippen molar-refractivity contribution in [2.75, 3.05) is 26.7 Å². The Balaban J connectivity index is -0.0000000847. The van der Waals surface area contributed by atoms with E-state index in [1.165, 1.54) is 6.42 Å². The lowest BCUT2D eigenvalue weighted by Crippen LogP contribution is -2.44. The molecule has 3 nitrogen and oxygen atoms in total. The maximum absolute atomic E-state index is 11.6. The molecule has 172 valence electrons. The Bertz CT molecular complexity index is 387. The van der Waals surface area contributed by atoms with Gasteiger partial charge < -0.3 is 4.74 Å². The first-order valence-corrected chi connectivity index (χ1v) is 10.3. The van der Waals surface area contributed by atoms with Gasteiger partial charge >= 0.3 is 12.4 Å². The average molecular weight is 437 g/mol. The van der Waals surface area contributed by atoms with Crippen molar-refractivity contribution in [2.24, 2.45) is 10.8 Å². The fourth-order valence-corrected chi connectivity index (χ4v) is 0.161. The molecule has 0 aliphatic heterocycles. The predicted octanol–water partition coefficient (Wildman–Crippen LogP) is 6.53. The zero-order valence-corrected chi connectivity index (χ0v) is 19.4. The number of rotatable bonds is 0. The molecule has 0 atom stereocenters. The molecule has 0 saturated carbocycles. The lowest BCUT2D eigenvalue weighted by Gasteiger charge is -2.29. The zero-order chi connectivity index (χ0) is 23.9. The lowest BCUT2D eigenvalue weighted by molar-refractivity contribution is -0.327. The highest BCUT2D eigenvalue weighted by atomic mass is 32.2. The van der Waals surface area contributed by atoms with Gasteiger partial charge in [0.05, 0.1) is 0 Å². The monoisotopic (exact) mass is 436 g/mol. The average Bonchev–Trinajstić information content (AvgIpc) is 2.22. The topological polar surface area (TPSA) is 43.4 Å². The number of sulfone groups is 1. The minimum Gasteiger partial charge on any atom is -0.388 e. The largest absolute Gasteiger partial charge is 0.402 e. The quantitative estimate of drug-likeness (QED) is 0.406. The Morgan fingerprint density at radius 3 is 0.778 bits per heavy atom. The van der Waals surface area contributed by atoms with E-state index < -0.39 is 27.6 Å². The van der Waals surface area contributed by atoms with Gasteiger partial charge in [-0.1, -0.05) is 48.0 Å². The van der Waals surface area contributed by atoms with Crippen molar-refractivity contribution in [2.45, 2.75) is 74.2 Å². The van der Waals surface area contributed by atoms with Gasteiger partial charge in [-0.3, -0.25) is 0 Å². The first kappa shape index (κ1) is 37.3. The van der Waals surface area contributed by atoms with Crippen molar-refractivity contribution >= 4 is 9.84 Å². The Hall–Kier alpha value is -0.510. The van der Waals surface area contributed by atoms with E-state index in [4.69, 9.17) is 0 Å². The molecule has 0 saturated heterocycles. The molecule has 0 radical (unpaired) electrons. The number of methoxy groups -OCH3 is 1. The number of alkyl halides is 6. The molecule has 27 heavy (non-hydrogen) atoms. The molecule has 0 fully saturated rings. The van der Waals surface area contributed by atoms with E-state index in [9.17, 15) is 34.8 Å². The molecule has 0 aliphatic carbocycles. The summed E-state index contributed by atoms with van der Waals surface area (Å²) in [6.07, 6.45) is -6.92. The lowest BCUT2D eigenvalue weighted by atomic mass is 9.92. The van der Waals surface area contributed by atoms with Gasteiger partial charge in [-0.05, 0) is 19.3 Å². The van der Waals surface area contributed by atoms with Gasteiger partial charge in [0.25, 0.3) is 0 Å². The molecule has 0 unspecified atom stereocenters. The van der Waals surface area contributed by atoms with Gasteiger partial charge in [-0.2, -0.15) is 26.3 Å². The number of ether oxygens (including phenoxy) is 1. The summed E-state index contributed by atoms with van der Waals surface area (Å²) in [6.45, 7) is 13.2. The van der Waals surface area contributed by atoms with E-state index in [-0.39, 0.29) is 13.8 Å². The normalized spacial score (nSPS) is 11.9. The van der Waals surface area contributed by atoms with Crippen molar-refractivity contribution in [3.05, 3.63) is 0 Å². The summed E-state index contributed by atoms with van der Waals surface area (Å²) in [4.78, 5) is 0. The summed E-state index contributed by atoms with van der Waals surface area (Å²) in [5, 5.41) is 0. The van der Waals surface area contributed by atoms with Crippen molar-refractivity contribution in [1.82, 2.24) is 0 Å². The van der Waals surface area contributed by atoms with Crippen LogP contribution in [0.3, 0.4) is 0 Å². The number of hydrogen-bond acceptors (Lipinski definition) is 3. The Labute approximate surface area is 161 Å². The van der Waals surface area contributed by atoms with Crippen LogP contribution in [0, 0.1) is 10.8 Å². The van der Waals surface area contributed by atoms with Crippen LogP contribution in [0.5, 0.6) is 0 Å². The van der Waals surface area contributed by atoms with Crippen LogP contribution in [0.4, 0.5) is 26.3 Å². The third kappa shape index (κ3) is 46.0. The van der Waals surface area contributed by atoms with Crippen LogP contribution in [0.15, 0.2) is 0 Å². The summed E-state index contributed by atoms with van der Waals surface area (Å²) < 4.78 is 93.2. The molecule has 0 aliphatic rings. The maximum Gasteiger partial charge on any atom is 0.402 e. The molecule has 0 aromatic rings. The zero-order valence-electron chi connectivity index (χ0n) is 18.6. The van der Waals surface area contributed by atoms with Crippen LogP contribution in [-0.4, -0.2) is 47.5 Å². The molecule has 0 aromatic carbocycles. The molecule has 0 heterocycles. The van der Waals surface area contributed by atoms with Gasteiger partial charge in [0.2, 0.25) is 0 Å². The Kier molecular flexibility index (Phi) is 21.3. The predicted molar refractivity (Wildman–Crippen MR) is 101 cm³/mol. The fourth-order valence-electron chi connectivity index (χ4n) is 0.161. The Morgan fingerprint density at radius 2 is 0.778 bits per heavy atom. The fraction of sp³-hybridized carbons (Fsp3) is 1.00. The highest BCUT2D eigenvalue weighted by Crippen LogP contribution is 2.49. The Morgan fingerprint density at radius 1 is 0.704 bits per heavy atom. The molecule has 0 aromatic heterocycles. The molecule has 0 N–H and O–H groups in total. The SMILES string of the molecule is CC(C)(C(F)(F)F)C(F)(F)F.CC(C)(C)C.CCC.COC.CS(C)(=O)=O. The molecule has 10 heteroatoms. The number of hydrogen-bond donors (Lipinski definition) is 0. The first-order valence-electron chi connectivity index (χ1n) is 8.01. The van der Waals surface area contributed by atoms with E-state index in [2.05, 4.69) is 46.3 Å². The molecule has 0 spiro atoms. The third-order valence-corrected chi connectivity index (χ3v) is 1.42. The van der Waals surface area contributed by atoms with Gasteiger partial charge in [-0.15, -0.1) is 0 Å². The van der Waals surface area contributed by atoms with Crippen LogP contribution < -0.4 is 0 Å². The summed E-state index contributed by atoms with van der Waals surface area (Å²) in [6, 6.07) is 0. The summed E-state index contributed by atoms with van der Waals surface area (Å²) >= 11 is 0. The van der Waals surface area contributed by atoms with Gasteiger partial charge in [-0.25, -0.2) is 8.42 Å². The second-order valence-electron chi connectivity index (χ2n) is 7.88. The second-order valence-corrected chi connectivity index (χ2v) is 10.2. The standard InChI is InChI=1S/C5H6F6.C5H12.C3H8.C2H6O2S.C2H6O/c1-3(2,4(6,7)8)5(9,10)11;1-5(2,3)4;1-3-2;1-5(2,3)4;1-3-2/h1-2H3;1-4H3;3H2,1-2H3;1-2H3;1-2H3. The molecule has 0 amide bonds. The first-order chi connectivity index (χ1) is 11.3. The van der Waals surface area contributed by atoms with E-state index in [1.54, 1.807) is 14.2 Å². The third-order valence-electron chi connectivity index (χ3n) is 1.42. The van der Waals surface area contributed by atoms with Gasteiger partial charge in [0, 0.05) is 26.7 Å². The van der Waals surface area contributed by atoms with Crippen molar-refractivity contribution in [1.29, 1.82) is 0 Å². The van der Waals surface area contributed by atoms with Gasteiger partial charge in [0.15, 0.2) is 5.41 Å². The molecule has 0 rings (SSSR count). The highest BCUT2D eigenvalue weighted by molar-refractivity contribution is 7.89. The van der Waals surface area contributed by atoms with Crippen molar-refractivity contribution in [3.8, 4) is 0 Å². The molecular formula is C17H38F6O3S. The highest BCUT2D eigenvalue weighted by Gasteiger charge is 2.64. The molecule has 0 bridgehead atoms. The number of halogens is 6. The minimum absolute atomic E-state index is 0.104. The van der Waals surface area contributed by atoms with Crippen LogP contribution in [0.1, 0.15) is 61.8 Å². The molecular weight excluding hydrogens is 398 g/mol. The minimum atomic E-state index is -5.24. The maximum atomic E-state index is 11.6. The smallest absolute Gasteiger partial charge is 0.388 e. The second kappa shape index (κ2) is 15.4. The van der Waals surface area contributed by atoms with E-state index in [0.717, 1.165) is 12.5 Å².